The third-order valence-corrected chi connectivity index (χ3v) is 3.60. The second-order valence-electron chi connectivity index (χ2n) is 4.02. The van der Waals surface area contributed by atoms with Crippen LogP contribution < -0.4 is 5.32 Å². The minimum atomic E-state index is 1.00. The molecule has 0 saturated heterocycles. The average molecular weight is 301 g/mol. The molecule has 2 rings (SSSR count). The van der Waals surface area contributed by atoms with E-state index in [9.17, 15) is 0 Å². The van der Waals surface area contributed by atoms with E-state index in [4.69, 9.17) is 0 Å². The smallest absolute Gasteiger partial charge is 0.0350 e. The quantitative estimate of drug-likeness (QED) is 0.832. The van der Waals surface area contributed by atoms with Crippen molar-refractivity contribution in [1.29, 1.82) is 0 Å². The van der Waals surface area contributed by atoms with Crippen LogP contribution in [0.5, 0.6) is 0 Å². The van der Waals surface area contributed by atoms with E-state index in [1.165, 1.54) is 34.9 Å². The van der Waals surface area contributed by atoms with Crippen LogP contribution in [0, 0.1) is 9.49 Å². The van der Waals surface area contributed by atoms with E-state index < -0.39 is 0 Å². The van der Waals surface area contributed by atoms with Gasteiger partial charge in [-0.05, 0) is 53.1 Å². The van der Waals surface area contributed by atoms with Gasteiger partial charge in [0.1, 0.15) is 0 Å². The normalized spacial score (nSPS) is 16.4. The zero-order chi connectivity index (χ0) is 9.80. The summed E-state index contributed by atoms with van der Waals surface area (Å²) in [5.41, 5.74) is 1.26. The van der Waals surface area contributed by atoms with Gasteiger partial charge in [0, 0.05) is 15.8 Å². The van der Waals surface area contributed by atoms with Gasteiger partial charge in [-0.1, -0.05) is 25.3 Å². The first kappa shape index (κ1) is 10.3. The lowest BCUT2D eigenvalue weighted by molar-refractivity contribution is 0.303. The summed E-state index contributed by atoms with van der Waals surface area (Å²) in [5, 5.41) is 3.48. The van der Waals surface area contributed by atoms with Crippen LogP contribution in [0.25, 0.3) is 0 Å². The number of hydrogen-bond acceptors (Lipinski definition) is 1. The Morgan fingerprint density at radius 3 is 2.86 bits per heavy atom. The maximum Gasteiger partial charge on any atom is 0.0350 e. The Morgan fingerprint density at radius 1 is 1.36 bits per heavy atom. The molecule has 0 radical (unpaired) electrons. The first-order valence-electron chi connectivity index (χ1n) is 5.34. The van der Waals surface area contributed by atoms with Crippen LogP contribution in [0.4, 0.5) is 5.69 Å². The van der Waals surface area contributed by atoms with Gasteiger partial charge in [0.15, 0.2) is 0 Å². The Morgan fingerprint density at radius 2 is 2.21 bits per heavy atom. The fraction of sp³-hybridized carbons (Fsp3) is 0.500. The summed E-state index contributed by atoms with van der Waals surface area (Å²) < 4.78 is 1.30. The molecule has 1 fully saturated rings. The van der Waals surface area contributed by atoms with Crippen LogP contribution >= 0.6 is 22.6 Å². The van der Waals surface area contributed by atoms with E-state index in [1.807, 2.05) is 0 Å². The van der Waals surface area contributed by atoms with Crippen molar-refractivity contribution in [3.8, 4) is 0 Å². The van der Waals surface area contributed by atoms with Crippen molar-refractivity contribution in [2.45, 2.75) is 25.7 Å². The number of halogens is 1. The molecule has 0 heterocycles. The van der Waals surface area contributed by atoms with E-state index in [1.54, 1.807) is 0 Å². The largest absolute Gasteiger partial charge is 0.385 e. The van der Waals surface area contributed by atoms with E-state index in [-0.39, 0.29) is 0 Å². The summed E-state index contributed by atoms with van der Waals surface area (Å²) in [6.07, 6.45) is 5.70. The molecule has 1 aromatic carbocycles. The summed E-state index contributed by atoms with van der Waals surface area (Å²) in [5.74, 6) is 1.00. The second kappa shape index (κ2) is 5.01. The molecule has 1 aromatic rings. The van der Waals surface area contributed by atoms with E-state index >= 15 is 0 Å². The molecular formula is C12H16IN. The number of anilines is 1. The highest BCUT2D eigenvalue weighted by Gasteiger charge is 2.16. The Hall–Kier alpha value is -0.250. The fourth-order valence-corrected chi connectivity index (χ4v) is 2.34. The molecule has 0 bridgehead atoms. The Kier molecular flexibility index (Phi) is 3.67. The van der Waals surface area contributed by atoms with Crippen molar-refractivity contribution in [3.05, 3.63) is 27.8 Å². The van der Waals surface area contributed by atoms with Gasteiger partial charge < -0.3 is 5.32 Å². The van der Waals surface area contributed by atoms with E-state index in [0.717, 1.165) is 12.5 Å². The van der Waals surface area contributed by atoms with Crippen LogP contribution in [0.3, 0.4) is 0 Å². The van der Waals surface area contributed by atoms with E-state index in [2.05, 4.69) is 52.2 Å². The van der Waals surface area contributed by atoms with E-state index in [0.29, 0.717) is 0 Å². The van der Waals surface area contributed by atoms with Crippen molar-refractivity contribution in [2.75, 3.05) is 11.9 Å². The highest BCUT2D eigenvalue weighted by molar-refractivity contribution is 14.1. The molecule has 0 atom stereocenters. The van der Waals surface area contributed by atoms with Gasteiger partial charge in [-0.25, -0.2) is 0 Å². The minimum Gasteiger partial charge on any atom is -0.385 e. The molecule has 14 heavy (non-hydrogen) atoms. The monoisotopic (exact) mass is 301 g/mol. The lowest BCUT2D eigenvalue weighted by Crippen LogP contribution is -2.15. The average Bonchev–Trinajstić information content (AvgIpc) is 2.09. The lowest BCUT2D eigenvalue weighted by atomic mass is 9.83. The molecule has 0 amide bonds. The van der Waals surface area contributed by atoms with Gasteiger partial charge in [0.2, 0.25) is 0 Å². The number of nitrogens with one attached hydrogen (secondary N) is 1. The highest BCUT2D eigenvalue weighted by atomic mass is 127. The van der Waals surface area contributed by atoms with Gasteiger partial charge in [-0.3, -0.25) is 0 Å². The van der Waals surface area contributed by atoms with Crippen molar-refractivity contribution in [2.24, 2.45) is 5.92 Å². The Labute approximate surface area is 99.4 Å². The molecule has 2 heteroatoms. The highest BCUT2D eigenvalue weighted by Crippen LogP contribution is 2.29. The molecule has 1 N–H and O–H groups in total. The van der Waals surface area contributed by atoms with Crippen molar-refractivity contribution >= 4 is 28.3 Å². The van der Waals surface area contributed by atoms with Gasteiger partial charge in [0.25, 0.3) is 0 Å². The van der Waals surface area contributed by atoms with Gasteiger partial charge in [-0.15, -0.1) is 0 Å². The Bertz CT molecular complexity index is 294. The van der Waals surface area contributed by atoms with Crippen LogP contribution in [0.1, 0.15) is 25.7 Å². The molecule has 0 aliphatic heterocycles. The van der Waals surface area contributed by atoms with Crippen molar-refractivity contribution < 1.29 is 0 Å². The third-order valence-electron chi connectivity index (χ3n) is 2.93. The molecule has 0 unspecified atom stereocenters. The van der Waals surface area contributed by atoms with Gasteiger partial charge >= 0.3 is 0 Å². The predicted molar refractivity (Wildman–Crippen MR) is 69.6 cm³/mol. The fourth-order valence-electron chi connectivity index (χ4n) is 1.80. The molecule has 1 nitrogen and oxygen atoms in total. The summed E-state index contributed by atoms with van der Waals surface area (Å²) >= 11 is 2.35. The maximum absolute atomic E-state index is 3.48. The van der Waals surface area contributed by atoms with Gasteiger partial charge in [0.05, 0.1) is 0 Å². The topological polar surface area (TPSA) is 12.0 Å². The van der Waals surface area contributed by atoms with Crippen molar-refractivity contribution in [3.63, 3.8) is 0 Å². The van der Waals surface area contributed by atoms with Gasteiger partial charge in [-0.2, -0.15) is 0 Å². The van der Waals surface area contributed by atoms with Crippen LogP contribution in [0.15, 0.2) is 24.3 Å². The zero-order valence-electron chi connectivity index (χ0n) is 8.30. The first-order chi connectivity index (χ1) is 6.84. The Balaban J connectivity index is 1.74. The zero-order valence-corrected chi connectivity index (χ0v) is 10.5. The molecule has 1 aliphatic rings. The number of hydrogen-bond donors (Lipinski definition) is 1. The van der Waals surface area contributed by atoms with Crippen LogP contribution in [-0.4, -0.2) is 6.54 Å². The summed E-state index contributed by atoms with van der Waals surface area (Å²) in [4.78, 5) is 0. The first-order valence-corrected chi connectivity index (χ1v) is 6.42. The number of benzene rings is 1. The summed E-state index contributed by atoms with van der Waals surface area (Å²) in [6.45, 7) is 1.13. The van der Waals surface area contributed by atoms with Crippen molar-refractivity contribution in [1.82, 2.24) is 0 Å². The molecule has 1 saturated carbocycles. The lowest BCUT2D eigenvalue weighted by Gasteiger charge is -2.25. The van der Waals surface area contributed by atoms with Crippen LogP contribution in [-0.2, 0) is 0 Å². The minimum absolute atomic E-state index is 1.00. The summed E-state index contributed by atoms with van der Waals surface area (Å²) in [7, 11) is 0. The standard InChI is InChI=1S/C12H16IN/c13-11-5-2-6-12(9-11)14-8-7-10-3-1-4-10/h2,5-6,9-10,14H,1,3-4,7-8H2. The molecule has 0 spiro atoms. The number of rotatable bonds is 4. The molecule has 0 aromatic heterocycles. The summed E-state index contributed by atoms with van der Waals surface area (Å²) in [6, 6.07) is 8.56. The second-order valence-corrected chi connectivity index (χ2v) is 5.27. The predicted octanol–water partition coefficient (Wildman–Crippen LogP) is 3.89. The third kappa shape index (κ3) is 2.87. The molecule has 76 valence electrons. The molecule has 1 aliphatic carbocycles. The SMILES string of the molecule is Ic1cccc(NCCC2CCC2)c1. The maximum atomic E-state index is 3.48. The molecular weight excluding hydrogens is 285 g/mol. The van der Waals surface area contributed by atoms with Crippen LogP contribution in [0.2, 0.25) is 0 Å².